The van der Waals surface area contributed by atoms with Crippen molar-refractivity contribution in [2.75, 3.05) is 39.3 Å². The van der Waals surface area contributed by atoms with Gasteiger partial charge in [-0.1, -0.05) is 17.7 Å². The van der Waals surface area contributed by atoms with E-state index < -0.39 is 0 Å². The molecule has 27 heavy (non-hydrogen) atoms. The van der Waals surface area contributed by atoms with Gasteiger partial charge in [0.2, 0.25) is 5.91 Å². The molecule has 0 radical (unpaired) electrons. The van der Waals surface area contributed by atoms with Gasteiger partial charge in [-0.25, -0.2) is 0 Å². The van der Waals surface area contributed by atoms with Crippen molar-refractivity contribution in [1.29, 1.82) is 0 Å². The van der Waals surface area contributed by atoms with Gasteiger partial charge in [0.15, 0.2) is 0 Å². The Kier molecular flexibility index (Phi) is 5.48. The van der Waals surface area contributed by atoms with E-state index in [9.17, 15) is 9.59 Å². The van der Waals surface area contributed by atoms with E-state index in [4.69, 9.17) is 0 Å². The van der Waals surface area contributed by atoms with E-state index in [0.717, 1.165) is 81.4 Å². The van der Waals surface area contributed by atoms with Crippen LogP contribution in [0.15, 0.2) is 24.3 Å². The van der Waals surface area contributed by atoms with E-state index in [1.807, 2.05) is 36.1 Å². The van der Waals surface area contributed by atoms with Crippen LogP contribution in [0.5, 0.6) is 0 Å². The van der Waals surface area contributed by atoms with Crippen molar-refractivity contribution in [2.24, 2.45) is 17.8 Å². The summed E-state index contributed by atoms with van der Waals surface area (Å²) < 4.78 is 0. The van der Waals surface area contributed by atoms with Crippen LogP contribution < -0.4 is 5.32 Å². The fourth-order valence-corrected chi connectivity index (χ4v) is 4.94. The lowest BCUT2D eigenvalue weighted by molar-refractivity contribution is -0.137. The standard InChI is InChI=1S/C22H31N3O2/c1-16-4-6-17(7-5-16)21(26)25-10-2-3-20(15-25)22(27)24-11-8-18-13-23-14-19(18)9-12-24/h4-7,18-20,23H,2-3,8-15H2,1H3/t18-,19+,20?. The minimum Gasteiger partial charge on any atom is -0.342 e. The summed E-state index contributed by atoms with van der Waals surface area (Å²) in [5.74, 6) is 1.75. The zero-order valence-corrected chi connectivity index (χ0v) is 16.3. The lowest BCUT2D eigenvalue weighted by Gasteiger charge is -2.35. The van der Waals surface area contributed by atoms with Crippen LogP contribution in [-0.4, -0.2) is 60.9 Å². The number of piperidine rings is 1. The fraction of sp³-hybridized carbons (Fsp3) is 0.636. The van der Waals surface area contributed by atoms with E-state index in [2.05, 4.69) is 10.2 Å². The second-order valence-electron chi connectivity index (χ2n) is 8.54. The Hall–Kier alpha value is -1.88. The molecule has 3 saturated heterocycles. The quantitative estimate of drug-likeness (QED) is 0.870. The summed E-state index contributed by atoms with van der Waals surface area (Å²) in [4.78, 5) is 30.0. The highest BCUT2D eigenvalue weighted by Gasteiger charge is 2.35. The Morgan fingerprint density at radius 2 is 1.59 bits per heavy atom. The number of benzene rings is 1. The van der Waals surface area contributed by atoms with Gasteiger partial charge < -0.3 is 15.1 Å². The Morgan fingerprint density at radius 3 is 2.26 bits per heavy atom. The van der Waals surface area contributed by atoms with Gasteiger partial charge in [-0.2, -0.15) is 0 Å². The van der Waals surface area contributed by atoms with Crippen LogP contribution in [0.3, 0.4) is 0 Å². The predicted octanol–water partition coefficient (Wildman–Crippen LogP) is 2.31. The summed E-state index contributed by atoms with van der Waals surface area (Å²) in [5.41, 5.74) is 1.88. The van der Waals surface area contributed by atoms with Gasteiger partial charge in [-0.3, -0.25) is 9.59 Å². The largest absolute Gasteiger partial charge is 0.342 e. The molecule has 0 bridgehead atoms. The van der Waals surface area contributed by atoms with E-state index in [-0.39, 0.29) is 17.7 Å². The molecule has 3 heterocycles. The van der Waals surface area contributed by atoms with Gasteiger partial charge in [-0.15, -0.1) is 0 Å². The normalized spacial score (nSPS) is 28.6. The molecule has 1 aromatic rings. The zero-order chi connectivity index (χ0) is 18.8. The second-order valence-corrected chi connectivity index (χ2v) is 8.54. The smallest absolute Gasteiger partial charge is 0.253 e. The average molecular weight is 370 g/mol. The lowest BCUT2D eigenvalue weighted by Crippen LogP contribution is -2.47. The van der Waals surface area contributed by atoms with E-state index in [1.165, 1.54) is 0 Å². The molecular formula is C22H31N3O2. The molecule has 4 rings (SSSR count). The first-order valence-electron chi connectivity index (χ1n) is 10.5. The van der Waals surface area contributed by atoms with Crippen molar-refractivity contribution < 1.29 is 9.59 Å². The summed E-state index contributed by atoms with van der Waals surface area (Å²) in [5, 5.41) is 3.49. The predicted molar refractivity (Wildman–Crippen MR) is 105 cm³/mol. The van der Waals surface area contributed by atoms with Gasteiger partial charge in [0.05, 0.1) is 5.92 Å². The van der Waals surface area contributed by atoms with E-state index in [1.54, 1.807) is 0 Å². The molecular weight excluding hydrogens is 338 g/mol. The first kappa shape index (κ1) is 18.5. The number of nitrogens with zero attached hydrogens (tertiary/aromatic N) is 2. The molecule has 3 atom stereocenters. The second kappa shape index (κ2) is 8.01. The lowest BCUT2D eigenvalue weighted by atomic mass is 9.92. The number of nitrogens with one attached hydrogen (secondary N) is 1. The summed E-state index contributed by atoms with van der Waals surface area (Å²) >= 11 is 0. The molecule has 3 aliphatic rings. The highest BCUT2D eigenvalue weighted by Crippen LogP contribution is 2.29. The summed E-state index contributed by atoms with van der Waals surface area (Å²) in [6.45, 7) is 7.32. The van der Waals surface area contributed by atoms with Crippen molar-refractivity contribution in [3.63, 3.8) is 0 Å². The maximum atomic E-state index is 13.1. The molecule has 0 aliphatic carbocycles. The number of rotatable bonds is 2. The van der Waals surface area contributed by atoms with Gasteiger partial charge >= 0.3 is 0 Å². The third kappa shape index (κ3) is 4.03. The van der Waals surface area contributed by atoms with Gasteiger partial charge in [0.1, 0.15) is 0 Å². The first-order valence-corrected chi connectivity index (χ1v) is 10.5. The van der Waals surface area contributed by atoms with Gasteiger partial charge in [0.25, 0.3) is 5.91 Å². The summed E-state index contributed by atoms with van der Waals surface area (Å²) in [6, 6.07) is 7.74. The molecule has 3 aliphatic heterocycles. The summed E-state index contributed by atoms with van der Waals surface area (Å²) in [7, 11) is 0. The molecule has 0 aromatic heterocycles. The van der Waals surface area contributed by atoms with Crippen LogP contribution in [0.2, 0.25) is 0 Å². The molecule has 1 aromatic carbocycles. The van der Waals surface area contributed by atoms with Crippen LogP contribution in [0.1, 0.15) is 41.6 Å². The van der Waals surface area contributed by atoms with Crippen molar-refractivity contribution in [1.82, 2.24) is 15.1 Å². The minimum atomic E-state index is -0.0378. The highest BCUT2D eigenvalue weighted by molar-refractivity contribution is 5.94. The number of aryl methyl sites for hydroxylation is 1. The molecule has 3 fully saturated rings. The molecule has 0 saturated carbocycles. The van der Waals surface area contributed by atoms with Crippen molar-refractivity contribution >= 4 is 11.8 Å². The van der Waals surface area contributed by atoms with E-state index in [0.29, 0.717) is 6.54 Å². The van der Waals surface area contributed by atoms with Crippen molar-refractivity contribution in [2.45, 2.75) is 32.6 Å². The molecule has 5 nitrogen and oxygen atoms in total. The average Bonchev–Trinajstić information content (AvgIpc) is 3.06. The van der Waals surface area contributed by atoms with Crippen molar-refractivity contribution in [3.8, 4) is 0 Å². The topological polar surface area (TPSA) is 52.7 Å². The van der Waals surface area contributed by atoms with Crippen LogP contribution in [0.4, 0.5) is 0 Å². The molecule has 5 heteroatoms. The highest BCUT2D eigenvalue weighted by atomic mass is 16.2. The number of amides is 2. The summed E-state index contributed by atoms with van der Waals surface area (Å²) in [6.07, 6.45) is 4.04. The Balaban J connectivity index is 1.38. The molecule has 2 amide bonds. The third-order valence-corrected chi connectivity index (χ3v) is 6.69. The minimum absolute atomic E-state index is 0.0378. The van der Waals surface area contributed by atoms with Crippen LogP contribution in [-0.2, 0) is 4.79 Å². The number of fused-ring (bicyclic) bond motifs is 1. The van der Waals surface area contributed by atoms with Crippen molar-refractivity contribution in [3.05, 3.63) is 35.4 Å². The van der Waals surface area contributed by atoms with Crippen LogP contribution >= 0.6 is 0 Å². The molecule has 1 unspecified atom stereocenters. The maximum Gasteiger partial charge on any atom is 0.253 e. The first-order chi connectivity index (χ1) is 13.1. The van der Waals surface area contributed by atoms with Gasteiger partial charge in [-0.05, 0) is 69.7 Å². The Bertz CT molecular complexity index is 673. The monoisotopic (exact) mass is 369 g/mol. The Labute approximate surface area is 162 Å². The zero-order valence-electron chi connectivity index (χ0n) is 16.3. The van der Waals surface area contributed by atoms with Gasteiger partial charge in [0, 0.05) is 31.7 Å². The van der Waals surface area contributed by atoms with Crippen LogP contribution in [0, 0.1) is 24.7 Å². The molecule has 1 N–H and O–H groups in total. The number of carbonyl (C=O) groups excluding carboxylic acids is 2. The van der Waals surface area contributed by atoms with E-state index >= 15 is 0 Å². The Morgan fingerprint density at radius 1 is 0.926 bits per heavy atom. The third-order valence-electron chi connectivity index (χ3n) is 6.69. The number of hydrogen-bond donors (Lipinski definition) is 1. The fourth-order valence-electron chi connectivity index (χ4n) is 4.94. The van der Waals surface area contributed by atoms with Crippen LogP contribution in [0.25, 0.3) is 0 Å². The number of likely N-dealkylation sites (tertiary alicyclic amines) is 2. The molecule has 146 valence electrons. The number of hydrogen-bond acceptors (Lipinski definition) is 3. The number of carbonyl (C=O) groups is 2. The SMILES string of the molecule is Cc1ccc(C(=O)N2CCCC(C(=O)N3CC[C@@H]4CNC[C@@H]4CC3)C2)cc1. The molecule has 0 spiro atoms. The maximum absolute atomic E-state index is 13.1.